The summed E-state index contributed by atoms with van der Waals surface area (Å²) in [6.45, 7) is 2.24. The van der Waals surface area contributed by atoms with Gasteiger partial charge in [0, 0.05) is 6.04 Å². The topological polar surface area (TPSA) is 26.0 Å². The van der Waals surface area contributed by atoms with E-state index in [1.807, 2.05) is 0 Å². The van der Waals surface area contributed by atoms with Crippen LogP contribution in [0.4, 0.5) is 0 Å². The third-order valence-corrected chi connectivity index (χ3v) is 4.59. The first kappa shape index (κ1) is 12.7. The minimum atomic E-state index is 0.425. The molecule has 0 saturated heterocycles. The third kappa shape index (κ3) is 2.66. The predicted octanol–water partition coefficient (Wildman–Crippen LogP) is 4.21. The highest BCUT2D eigenvalue weighted by molar-refractivity contribution is 5.86. The summed E-state index contributed by atoms with van der Waals surface area (Å²) in [5.74, 6) is 0.772. The van der Waals surface area contributed by atoms with Crippen LogP contribution >= 0.6 is 0 Å². The standard InChI is InChI=1S/C18H23N/c1-13-9-10-15-6-2-3-8-17(15)18(13)12-14-5-4-7-16(19)11-14/h2-3,6,8-10,14,16H,4-5,7,11-12,19H2,1H3. The Hall–Kier alpha value is -1.34. The molecule has 0 amide bonds. The van der Waals surface area contributed by atoms with Crippen molar-refractivity contribution in [3.8, 4) is 0 Å². The van der Waals surface area contributed by atoms with Gasteiger partial charge < -0.3 is 5.73 Å². The molecule has 3 rings (SSSR count). The number of aryl methyl sites for hydroxylation is 1. The number of fused-ring (bicyclic) bond motifs is 1. The molecule has 2 unspecified atom stereocenters. The second-order valence-corrected chi connectivity index (χ2v) is 6.08. The molecule has 1 fully saturated rings. The SMILES string of the molecule is Cc1ccc2ccccc2c1CC1CCCC(N)C1. The molecule has 0 radical (unpaired) electrons. The van der Waals surface area contributed by atoms with E-state index in [1.54, 1.807) is 0 Å². The van der Waals surface area contributed by atoms with Gasteiger partial charge in [-0.25, -0.2) is 0 Å². The van der Waals surface area contributed by atoms with Crippen LogP contribution in [0.2, 0.25) is 0 Å². The smallest absolute Gasteiger partial charge is 0.00415 e. The van der Waals surface area contributed by atoms with Gasteiger partial charge in [0.2, 0.25) is 0 Å². The van der Waals surface area contributed by atoms with Crippen LogP contribution in [0.5, 0.6) is 0 Å². The Kier molecular flexibility index (Phi) is 3.56. The molecule has 0 bridgehead atoms. The van der Waals surface area contributed by atoms with E-state index in [-0.39, 0.29) is 0 Å². The van der Waals surface area contributed by atoms with Crippen molar-refractivity contribution in [3.05, 3.63) is 47.5 Å². The van der Waals surface area contributed by atoms with E-state index in [0.717, 1.165) is 5.92 Å². The van der Waals surface area contributed by atoms with E-state index >= 15 is 0 Å². The molecule has 2 aromatic rings. The molecule has 1 nitrogen and oxygen atoms in total. The second-order valence-electron chi connectivity index (χ2n) is 6.08. The largest absolute Gasteiger partial charge is 0.328 e. The summed E-state index contributed by atoms with van der Waals surface area (Å²) in [7, 11) is 0. The second kappa shape index (κ2) is 5.34. The van der Waals surface area contributed by atoms with Gasteiger partial charge in [-0.3, -0.25) is 0 Å². The Morgan fingerprint density at radius 2 is 1.95 bits per heavy atom. The summed E-state index contributed by atoms with van der Waals surface area (Å²) < 4.78 is 0. The number of hydrogen-bond donors (Lipinski definition) is 1. The maximum atomic E-state index is 6.13. The monoisotopic (exact) mass is 253 g/mol. The molecule has 1 saturated carbocycles. The van der Waals surface area contributed by atoms with E-state index in [0.29, 0.717) is 6.04 Å². The lowest BCUT2D eigenvalue weighted by atomic mass is 9.80. The molecule has 0 spiro atoms. The lowest BCUT2D eigenvalue weighted by Gasteiger charge is -2.27. The van der Waals surface area contributed by atoms with Crippen LogP contribution in [0.1, 0.15) is 36.8 Å². The Morgan fingerprint density at radius 3 is 2.79 bits per heavy atom. The highest BCUT2D eigenvalue weighted by Gasteiger charge is 2.20. The van der Waals surface area contributed by atoms with E-state index in [9.17, 15) is 0 Å². The van der Waals surface area contributed by atoms with Crippen LogP contribution in [0, 0.1) is 12.8 Å². The summed E-state index contributed by atoms with van der Waals surface area (Å²) in [5.41, 5.74) is 9.10. The van der Waals surface area contributed by atoms with Crippen molar-refractivity contribution >= 4 is 10.8 Å². The first-order valence-electron chi connectivity index (χ1n) is 7.47. The van der Waals surface area contributed by atoms with E-state index in [1.165, 1.54) is 54.0 Å². The molecule has 100 valence electrons. The summed E-state index contributed by atoms with van der Waals surface area (Å²) in [4.78, 5) is 0. The van der Waals surface area contributed by atoms with Crippen molar-refractivity contribution in [3.63, 3.8) is 0 Å². The van der Waals surface area contributed by atoms with Gasteiger partial charge in [-0.1, -0.05) is 49.2 Å². The summed E-state index contributed by atoms with van der Waals surface area (Å²) in [5, 5.41) is 2.80. The van der Waals surface area contributed by atoms with Crippen molar-refractivity contribution in [2.24, 2.45) is 11.7 Å². The molecule has 0 heterocycles. The van der Waals surface area contributed by atoms with E-state index < -0.39 is 0 Å². The lowest BCUT2D eigenvalue weighted by Crippen LogP contribution is -2.28. The zero-order chi connectivity index (χ0) is 13.2. The zero-order valence-electron chi connectivity index (χ0n) is 11.7. The van der Waals surface area contributed by atoms with E-state index in [2.05, 4.69) is 43.3 Å². The average Bonchev–Trinajstić information content (AvgIpc) is 2.42. The fourth-order valence-corrected chi connectivity index (χ4v) is 3.52. The van der Waals surface area contributed by atoms with Crippen molar-refractivity contribution in [2.45, 2.75) is 45.1 Å². The Morgan fingerprint density at radius 1 is 1.11 bits per heavy atom. The molecule has 1 aliphatic carbocycles. The maximum Gasteiger partial charge on any atom is 0.00415 e. The van der Waals surface area contributed by atoms with Gasteiger partial charge >= 0.3 is 0 Å². The van der Waals surface area contributed by atoms with Gasteiger partial charge in [0.05, 0.1) is 0 Å². The molecule has 2 atom stereocenters. The van der Waals surface area contributed by atoms with Crippen LogP contribution in [-0.4, -0.2) is 6.04 Å². The van der Waals surface area contributed by atoms with Gasteiger partial charge in [0.25, 0.3) is 0 Å². The molecule has 0 aliphatic heterocycles. The molecule has 1 aliphatic rings. The number of nitrogens with two attached hydrogens (primary N) is 1. The molecule has 19 heavy (non-hydrogen) atoms. The van der Waals surface area contributed by atoms with Crippen LogP contribution in [0.15, 0.2) is 36.4 Å². The molecular weight excluding hydrogens is 230 g/mol. The quantitative estimate of drug-likeness (QED) is 0.852. The molecular formula is C18H23N. The first-order chi connectivity index (χ1) is 9.24. The lowest BCUT2D eigenvalue weighted by molar-refractivity contribution is 0.321. The van der Waals surface area contributed by atoms with Crippen LogP contribution in [-0.2, 0) is 6.42 Å². The van der Waals surface area contributed by atoms with E-state index in [4.69, 9.17) is 5.73 Å². The maximum absolute atomic E-state index is 6.13. The minimum absolute atomic E-state index is 0.425. The minimum Gasteiger partial charge on any atom is -0.328 e. The summed E-state index contributed by atoms with van der Waals surface area (Å²) in [6, 6.07) is 13.7. The van der Waals surface area contributed by atoms with Crippen LogP contribution in [0.25, 0.3) is 10.8 Å². The summed E-state index contributed by atoms with van der Waals surface area (Å²) >= 11 is 0. The number of rotatable bonds is 2. The van der Waals surface area contributed by atoms with Crippen molar-refractivity contribution < 1.29 is 0 Å². The molecule has 1 heteroatoms. The zero-order valence-corrected chi connectivity index (χ0v) is 11.7. The first-order valence-corrected chi connectivity index (χ1v) is 7.47. The highest BCUT2D eigenvalue weighted by atomic mass is 14.6. The Balaban J connectivity index is 1.93. The fourth-order valence-electron chi connectivity index (χ4n) is 3.52. The van der Waals surface area contributed by atoms with Crippen molar-refractivity contribution in [1.29, 1.82) is 0 Å². The van der Waals surface area contributed by atoms with Gasteiger partial charge in [-0.2, -0.15) is 0 Å². The number of hydrogen-bond acceptors (Lipinski definition) is 1. The van der Waals surface area contributed by atoms with Gasteiger partial charge in [-0.15, -0.1) is 0 Å². The summed E-state index contributed by atoms with van der Waals surface area (Å²) in [6.07, 6.45) is 6.25. The van der Waals surface area contributed by atoms with Gasteiger partial charge in [-0.05, 0) is 54.0 Å². The average molecular weight is 253 g/mol. The van der Waals surface area contributed by atoms with Gasteiger partial charge in [0.1, 0.15) is 0 Å². The normalized spacial score (nSPS) is 23.7. The van der Waals surface area contributed by atoms with Crippen molar-refractivity contribution in [2.75, 3.05) is 0 Å². The van der Waals surface area contributed by atoms with Crippen LogP contribution in [0.3, 0.4) is 0 Å². The Bertz CT molecular complexity index is 573. The predicted molar refractivity (Wildman–Crippen MR) is 82.3 cm³/mol. The molecule has 2 aromatic carbocycles. The Labute approximate surface area is 115 Å². The van der Waals surface area contributed by atoms with Gasteiger partial charge in [0.15, 0.2) is 0 Å². The third-order valence-electron chi connectivity index (χ3n) is 4.59. The molecule has 2 N–H and O–H groups in total. The number of benzene rings is 2. The van der Waals surface area contributed by atoms with Crippen molar-refractivity contribution in [1.82, 2.24) is 0 Å². The molecule has 0 aromatic heterocycles. The van der Waals surface area contributed by atoms with Crippen LogP contribution < -0.4 is 5.73 Å². The fraction of sp³-hybridized carbons (Fsp3) is 0.444. The highest BCUT2D eigenvalue weighted by Crippen LogP contribution is 2.30.